The van der Waals surface area contributed by atoms with E-state index in [1.54, 1.807) is 0 Å². The summed E-state index contributed by atoms with van der Waals surface area (Å²) in [7, 11) is 5.52. The number of allylic oxidation sites excluding steroid dienone is 4. The molecular formula is C44H82NO7+. The third-order valence-corrected chi connectivity index (χ3v) is 9.63. The number of quaternary nitrogens is 1. The number of carboxylic acids is 1. The second-order valence-corrected chi connectivity index (χ2v) is 15.6. The van der Waals surface area contributed by atoms with Crippen LogP contribution in [0.4, 0.5) is 0 Å². The summed E-state index contributed by atoms with van der Waals surface area (Å²) in [4.78, 5) is 36.8. The number of nitrogens with zero attached hydrogens (tertiary/aromatic N) is 1. The van der Waals surface area contributed by atoms with Crippen molar-refractivity contribution in [2.24, 2.45) is 0 Å². The molecule has 0 aliphatic carbocycles. The maximum Gasteiger partial charge on any atom is 0.362 e. The predicted molar refractivity (Wildman–Crippen MR) is 215 cm³/mol. The zero-order valence-corrected chi connectivity index (χ0v) is 34.5. The highest BCUT2D eigenvalue weighted by Crippen LogP contribution is 2.14. The second kappa shape index (κ2) is 35.8. The highest BCUT2D eigenvalue weighted by atomic mass is 16.6. The molecule has 0 bridgehead atoms. The van der Waals surface area contributed by atoms with E-state index in [1.165, 1.54) is 96.3 Å². The fraction of sp³-hybridized carbons (Fsp3) is 0.841. The van der Waals surface area contributed by atoms with Crippen molar-refractivity contribution in [1.82, 2.24) is 0 Å². The van der Waals surface area contributed by atoms with E-state index in [2.05, 4.69) is 38.2 Å². The van der Waals surface area contributed by atoms with Crippen LogP contribution in [0.1, 0.15) is 187 Å². The average Bonchev–Trinajstić information content (AvgIpc) is 3.09. The van der Waals surface area contributed by atoms with Gasteiger partial charge in [-0.3, -0.25) is 9.59 Å². The summed E-state index contributed by atoms with van der Waals surface area (Å²) in [6, 6.07) is -0.614. The van der Waals surface area contributed by atoms with E-state index < -0.39 is 18.1 Å². The number of aliphatic carboxylic acids is 1. The Labute approximate surface area is 320 Å². The zero-order chi connectivity index (χ0) is 38.5. The molecule has 2 unspecified atom stereocenters. The van der Waals surface area contributed by atoms with Gasteiger partial charge in [0.15, 0.2) is 12.1 Å². The van der Waals surface area contributed by atoms with Gasteiger partial charge in [0.1, 0.15) is 6.61 Å². The van der Waals surface area contributed by atoms with Gasteiger partial charge in [0.05, 0.1) is 34.4 Å². The first-order valence-electron chi connectivity index (χ1n) is 21.4. The highest BCUT2D eigenvalue weighted by Gasteiger charge is 2.31. The lowest BCUT2D eigenvalue weighted by Gasteiger charge is -2.31. The summed E-state index contributed by atoms with van der Waals surface area (Å²) in [5.74, 6) is -1.48. The van der Waals surface area contributed by atoms with Crippen molar-refractivity contribution in [3.63, 3.8) is 0 Å². The Hall–Kier alpha value is -2.19. The number of carboxylic acid groups (broad SMARTS) is 1. The number of hydrogen-bond donors (Lipinski definition) is 1. The van der Waals surface area contributed by atoms with Crippen LogP contribution in [-0.2, 0) is 28.6 Å². The number of hydrogen-bond acceptors (Lipinski definition) is 6. The SMILES string of the molecule is CCCCCCCCC/C=C/C=C/CCCCCCCC(=O)OC(COCCC(C(=O)O)[N+](C)(C)C)COC(=O)CCCCCCCCCCCC. The molecule has 0 spiro atoms. The molecule has 0 aromatic heterocycles. The Morgan fingerprint density at radius 2 is 1.00 bits per heavy atom. The number of likely N-dealkylation sites (N-methyl/N-ethyl adjacent to an activating group) is 1. The van der Waals surface area contributed by atoms with E-state index in [-0.39, 0.29) is 36.2 Å². The lowest BCUT2D eigenvalue weighted by atomic mass is 10.1. The Morgan fingerprint density at radius 3 is 1.44 bits per heavy atom. The third kappa shape index (κ3) is 33.6. The lowest BCUT2D eigenvalue weighted by Crippen LogP contribution is -2.50. The molecule has 1 N–H and O–H groups in total. The number of unbranched alkanes of at least 4 members (excludes halogenated alkanes) is 21. The van der Waals surface area contributed by atoms with Gasteiger partial charge in [-0.05, 0) is 38.5 Å². The van der Waals surface area contributed by atoms with Crippen LogP contribution in [-0.4, -0.2) is 80.6 Å². The highest BCUT2D eigenvalue weighted by molar-refractivity contribution is 5.72. The molecule has 0 aliphatic heterocycles. The van der Waals surface area contributed by atoms with Gasteiger partial charge in [0.2, 0.25) is 0 Å². The standard InChI is InChI=1S/C44H81NO7/c1-6-8-10-12-14-16-18-19-20-21-22-23-24-25-27-29-31-33-35-43(47)52-40(38-50-37-36-41(44(48)49)45(3,4)5)39-51-42(46)34-32-30-28-26-17-15-13-11-9-7-2/h20-23,40-41H,6-19,24-39H2,1-5H3/p+1/b21-20+,23-22+. The summed E-state index contributed by atoms with van der Waals surface area (Å²) in [6.45, 7) is 4.71. The first-order valence-corrected chi connectivity index (χ1v) is 21.4. The summed E-state index contributed by atoms with van der Waals surface area (Å²) in [5, 5.41) is 9.60. The van der Waals surface area contributed by atoms with Crippen molar-refractivity contribution in [2.75, 3.05) is 41.0 Å². The molecule has 0 aliphatic rings. The minimum absolute atomic E-state index is 0.0537. The molecule has 8 heteroatoms. The molecule has 0 saturated heterocycles. The fourth-order valence-electron chi connectivity index (χ4n) is 6.26. The van der Waals surface area contributed by atoms with E-state index in [4.69, 9.17) is 14.2 Å². The molecule has 0 aromatic carbocycles. The van der Waals surface area contributed by atoms with Crippen LogP contribution in [0.3, 0.4) is 0 Å². The van der Waals surface area contributed by atoms with Crippen LogP contribution in [0.2, 0.25) is 0 Å². The van der Waals surface area contributed by atoms with Crippen molar-refractivity contribution >= 4 is 17.9 Å². The number of ether oxygens (including phenoxy) is 3. The quantitative estimate of drug-likeness (QED) is 0.0291. The van der Waals surface area contributed by atoms with Gasteiger partial charge in [-0.2, -0.15) is 0 Å². The molecular weight excluding hydrogens is 654 g/mol. The van der Waals surface area contributed by atoms with Crippen LogP contribution in [0.25, 0.3) is 0 Å². The van der Waals surface area contributed by atoms with Crippen molar-refractivity contribution in [3.05, 3.63) is 24.3 Å². The maximum absolute atomic E-state index is 12.7. The Bertz CT molecular complexity index is 911. The number of carbonyl (C=O) groups excluding carboxylic acids is 2. The van der Waals surface area contributed by atoms with Crippen molar-refractivity contribution in [1.29, 1.82) is 0 Å². The van der Waals surface area contributed by atoms with E-state index in [9.17, 15) is 19.5 Å². The van der Waals surface area contributed by atoms with Crippen molar-refractivity contribution in [2.45, 2.75) is 199 Å². The van der Waals surface area contributed by atoms with E-state index in [0.717, 1.165) is 57.8 Å². The average molecular weight is 737 g/mol. The van der Waals surface area contributed by atoms with Crippen molar-refractivity contribution < 1.29 is 38.2 Å². The zero-order valence-electron chi connectivity index (χ0n) is 34.5. The molecule has 2 atom stereocenters. The van der Waals surface area contributed by atoms with Gasteiger partial charge in [0, 0.05) is 19.3 Å². The second-order valence-electron chi connectivity index (χ2n) is 15.6. The molecule has 0 heterocycles. The number of rotatable bonds is 38. The molecule has 304 valence electrons. The van der Waals surface area contributed by atoms with Gasteiger partial charge in [-0.25, -0.2) is 4.79 Å². The molecule has 0 amide bonds. The summed E-state index contributed by atoms with van der Waals surface area (Å²) in [6.07, 6.45) is 37.9. The van der Waals surface area contributed by atoms with Gasteiger partial charge < -0.3 is 23.8 Å². The molecule has 52 heavy (non-hydrogen) atoms. The summed E-state index contributed by atoms with van der Waals surface area (Å²) >= 11 is 0. The van der Waals surface area contributed by atoms with Crippen LogP contribution in [0, 0.1) is 0 Å². The summed E-state index contributed by atoms with van der Waals surface area (Å²) < 4.78 is 17.2. The first-order chi connectivity index (χ1) is 25.1. The third-order valence-electron chi connectivity index (χ3n) is 9.63. The monoisotopic (exact) mass is 737 g/mol. The van der Waals surface area contributed by atoms with E-state index in [1.807, 2.05) is 21.1 Å². The summed E-state index contributed by atoms with van der Waals surface area (Å²) in [5.41, 5.74) is 0. The van der Waals surface area contributed by atoms with Crippen LogP contribution in [0.5, 0.6) is 0 Å². The molecule has 0 radical (unpaired) electrons. The van der Waals surface area contributed by atoms with Gasteiger partial charge in [-0.15, -0.1) is 0 Å². The van der Waals surface area contributed by atoms with Crippen LogP contribution >= 0.6 is 0 Å². The van der Waals surface area contributed by atoms with E-state index >= 15 is 0 Å². The minimum atomic E-state index is -0.877. The number of carbonyl (C=O) groups is 3. The largest absolute Gasteiger partial charge is 0.477 e. The Kier molecular flexibility index (Phi) is 34.3. The fourth-order valence-corrected chi connectivity index (χ4v) is 6.26. The molecule has 8 nitrogen and oxygen atoms in total. The van der Waals surface area contributed by atoms with Gasteiger partial charge in [-0.1, -0.05) is 154 Å². The lowest BCUT2D eigenvalue weighted by molar-refractivity contribution is -0.887. The van der Waals surface area contributed by atoms with E-state index in [0.29, 0.717) is 19.3 Å². The molecule has 0 fully saturated rings. The Balaban J connectivity index is 4.36. The molecule has 0 saturated carbocycles. The van der Waals surface area contributed by atoms with Crippen molar-refractivity contribution in [3.8, 4) is 0 Å². The molecule has 0 rings (SSSR count). The van der Waals surface area contributed by atoms with Gasteiger partial charge in [0.25, 0.3) is 0 Å². The number of esters is 2. The van der Waals surface area contributed by atoms with Crippen LogP contribution < -0.4 is 0 Å². The Morgan fingerprint density at radius 1 is 0.577 bits per heavy atom. The predicted octanol–water partition coefficient (Wildman–Crippen LogP) is 11.3. The maximum atomic E-state index is 12.7. The first kappa shape index (κ1) is 49.8. The minimum Gasteiger partial charge on any atom is -0.477 e. The topological polar surface area (TPSA) is 99.1 Å². The normalized spacial score (nSPS) is 13.2. The van der Waals surface area contributed by atoms with Gasteiger partial charge >= 0.3 is 17.9 Å². The van der Waals surface area contributed by atoms with Crippen LogP contribution in [0.15, 0.2) is 24.3 Å². The molecule has 0 aromatic rings. The smallest absolute Gasteiger partial charge is 0.362 e.